The molecule has 0 saturated heterocycles. The predicted octanol–water partition coefficient (Wildman–Crippen LogP) is 2.95. The maximum Gasteiger partial charge on any atom is 0.205 e. The molecule has 3 aromatic rings. The Balaban J connectivity index is 1.51. The number of thiophene rings is 1. The molecule has 128 valence electrons. The fourth-order valence-corrected chi connectivity index (χ4v) is 5.19. The van der Waals surface area contributed by atoms with E-state index in [0.717, 1.165) is 61.7 Å². The second-order valence-electron chi connectivity index (χ2n) is 6.85. The average Bonchev–Trinajstić information content (AvgIpc) is 3.00. The van der Waals surface area contributed by atoms with E-state index in [2.05, 4.69) is 40.5 Å². The smallest absolute Gasteiger partial charge is 0.205 e. The Labute approximate surface area is 150 Å². The lowest BCUT2D eigenvalue weighted by molar-refractivity contribution is 0.249. The summed E-state index contributed by atoms with van der Waals surface area (Å²) in [6.45, 7) is 4.85. The Bertz CT molecular complexity index is 988. The standard InChI is InChI=1S/C19H21N5S/c20-17-16-14-7-10-23(11-13-5-2-1-3-6-13)12-15(14)25-18(16)22-19-21-8-4-9-24(17)19/h1-3,5-6,20H,4,7-12H2,(H,21,22). The third-order valence-electron chi connectivity index (χ3n) is 5.18. The maximum atomic E-state index is 8.68. The van der Waals surface area contributed by atoms with Crippen LogP contribution < -0.4 is 10.8 Å². The summed E-state index contributed by atoms with van der Waals surface area (Å²) in [6.07, 6.45) is 2.08. The lowest BCUT2D eigenvalue weighted by Crippen LogP contribution is -2.32. The maximum absolute atomic E-state index is 8.68. The van der Waals surface area contributed by atoms with Crippen molar-refractivity contribution >= 4 is 27.5 Å². The van der Waals surface area contributed by atoms with Gasteiger partial charge in [0.05, 0.1) is 5.39 Å². The number of rotatable bonds is 2. The minimum Gasteiger partial charge on any atom is -0.355 e. The minimum atomic E-state index is 0.640. The molecule has 0 fully saturated rings. The van der Waals surface area contributed by atoms with E-state index in [-0.39, 0.29) is 0 Å². The number of hydrogen-bond acceptors (Lipinski definition) is 5. The molecule has 0 spiro atoms. The SMILES string of the molecule is N=c1c2c3c(sc2nc2n1CCCN2)CN(Cc1ccccc1)CC3. The molecule has 0 aliphatic carbocycles. The van der Waals surface area contributed by atoms with E-state index in [1.165, 1.54) is 16.0 Å². The van der Waals surface area contributed by atoms with Crippen LogP contribution in [0.5, 0.6) is 0 Å². The molecule has 2 aromatic heterocycles. The van der Waals surface area contributed by atoms with Crippen LogP contribution in [0.1, 0.15) is 22.4 Å². The van der Waals surface area contributed by atoms with Crippen molar-refractivity contribution in [2.45, 2.75) is 32.5 Å². The molecule has 0 unspecified atom stereocenters. The zero-order chi connectivity index (χ0) is 16.8. The molecular formula is C19H21N5S. The van der Waals surface area contributed by atoms with Crippen molar-refractivity contribution in [1.82, 2.24) is 14.5 Å². The van der Waals surface area contributed by atoms with Crippen LogP contribution in [0.2, 0.25) is 0 Å². The van der Waals surface area contributed by atoms with Gasteiger partial charge in [0.1, 0.15) is 10.3 Å². The predicted molar refractivity (Wildman–Crippen MR) is 101 cm³/mol. The zero-order valence-electron chi connectivity index (χ0n) is 14.1. The Morgan fingerprint density at radius 2 is 2.08 bits per heavy atom. The highest BCUT2D eigenvalue weighted by Crippen LogP contribution is 2.33. The first-order chi connectivity index (χ1) is 12.3. The summed E-state index contributed by atoms with van der Waals surface area (Å²) in [5.74, 6) is 0.864. The topological polar surface area (TPSA) is 56.9 Å². The monoisotopic (exact) mass is 351 g/mol. The quantitative estimate of drug-likeness (QED) is 0.746. The summed E-state index contributed by atoms with van der Waals surface area (Å²) >= 11 is 1.77. The molecule has 25 heavy (non-hydrogen) atoms. The van der Waals surface area contributed by atoms with E-state index < -0.39 is 0 Å². The Morgan fingerprint density at radius 3 is 2.96 bits per heavy atom. The molecule has 5 nitrogen and oxygen atoms in total. The van der Waals surface area contributed by atoms with Crippen LogP contribution >= 0.6 is 11.3 Å². The summed E-state index contributed by atoms with van der Waals surface area (Å²) in [6, 6.07) is 10.7. The molecule has 0 saturated carbocycles. The van der Waals surface area contributed by atoms with Gasteiger partial charge in [0, 0.05) is 37.6 Å². The summed E-state index contributed by atoms with van der Waals surface area (Å²) < 4.78 is 2.04. The van der Waals surface area contributed by atoms with Crippen molar-refractivity contribution < 1.29 is 0 Å². The van der Waals surface area contributed by atoms with E-state index in [4.69, 9.17) is 10.4 Å². The lowest BCUT2D eigenvalue weighted by atomic mass is 10.0. The van der Waals surface area contributed by atoms with Crippen molar-refractivity contribution in [3.8, 4) is 0 Å². The first kappa shape index (κ1) is 15.1. The Kier molecular flexibility index (Phi) is 3.60. The molecule has 5 rings (SSSR count). The van der Waals surface area contributed by atoms with Gasteiger partial charge in [0.25, 0.3) is 0 Å². The van der Waals surface area contributed by atoms with Crippen molar-refractivity contribution in [2.75, 3.05) is 18.4 Å². The van der Waals surface area contributed by atoms with Crippen LogP contribution in [0.3, 0.4) is 0 Å². The largest absolute Gasteiger partial charge is 0.355 e. The van der Waals surface area contributed by atoms with Gasteiger partial charge in [-0.25, -0.2) is 4.98 Å². The van der Waals surface area contributed by atoms with Crippen LogP contribution in [0.4, 0.5) is 5.95 Å². The third kappa shape index (κ3) is 2.56. The third-order valence-corrected chi connectivity index (χ3v) is 6.29. The summed E-state index contributed by atoms with van der Waals surface area (Å²) in [7, 11) is 0. The van der Waals surface area contributed by atoms with Gasteiger partial charge in [-0.05, 0) is 24.0 Å². The molecule has 0 radical (unpaired) electrons. The molecule has 1 aromatic carbocycles. The summed E-state index contributed by atoms with van der Waals surface area (Å²) in [5, 5.41) is 13.1. The molecule has 0 atom stereocenters. The van der Waals surface area contributed by atoms with Gasteiger partial charge in [0.15, 0.2) is 0 Å². The van der Waals surface area contributed by atoms with Crippen molar-refractivity contribution in [3.63, 3.8) is 0 Å². The second-order valence-corrected chi connectivity index (χ2v) is 7.93. The second kappa shape index (κ2) is 5.97. The highest BCUT2D eigenvalue weighted by atomic mass is 32.1. The lowest BCUT2D eigenvalue weighted by Gasteiger charge is -2.27. The fraction of sp³-hybridized carbons (Fsp3) is 0.368. The van der Waals surface area contributed by atoms with Crippen molar-refractivity contribution in [1.29, 1.82) is 5.41 Å². The number of nitrogens with one attached hydrogen (secondary N) is 2. The van der Waals surface area contributed by atoms with E-state index in [1.807, 2.05) is 4.57 Å². The normalized spacial score (nSPS) is 17.1. The van der Waals surface area contributed by atoms with Gasteiger partial charge < -0.3 is 5.32 Å². The molecule has 2 N–H and O–H groups in total. The van der Waals surface area contributed by atoms with Gasteiger partial charge in [-0.2, -0.15) is 0 Å². The van der Waals surface area contributed by atoms with Gasteiger partial charge in [-0.15, -0.1) is 11.3 Å². The van der Waals surface area contributed by atoms with Gasteiger partial charge in [-0.3, -0.25) is 14.9 Å². The number of benzene rings is 1. The van der Waals surface area contributed by atoms with Gasteiger partial charge in [-0.1, -0.05) is 30.3 Å². The highest BCUT2D eigenvalue weighted by Gasteiger charge is 2.24. The molecule has 4 heterocycles. The van der Waals surface area contributed by atoms with Crippen LogP contribution in [0, 0.1) is 5.41 Å². The van der Waals surface area contributed by atoms with Crippen molar-refractivity contribution in [2.24, 2.45) is 0 Å². The summed E-state index contributed by atoms with van der Waals surface area (Å²) in [5.41, 5.74) is 3.37. The number of nitrogens with zero attached hydrogens (tertiary/aromatic N) is 3. The highest BCUT2D eigenvalue weighted by molar-refractivity contribution is 7.18. The molecule has 0 bridgehead atoms. The van der Waals surface area contributed by atoms with Crippen molar-refractivity contribution in [3.05, 3.63) is 51.8 Å². The first-order valence-corrected chi connectivity index (χ1v) is 9.71. The Morgan fingerprint density at radius 1 is 1.20 bits per heavy atom. The number of aromatic nitrogens is 2. The molecular weight excluding hydrogens is 330 g/mol. The Hall–Kier alpha value is -2.18. The van der Waals surface area contributed by atoms with Crippen LogP contribution in [0.15, 0.2) is 30.3 Å². The first-order valence-electron chi connectivity index (χ1n) is 8.89. The van der Waals surface area contributed by atoms with Gasteiger partial charge in [0.2, 0.25) is 5.95 Å². The molecule has 2 aliphatic rings. The zero-order valence-corrected chi connectivity index (χ0v) is 14.9. The number of fused-ring (bicyclic) bond motifs is 4. The van der Waals surface area contributed by atoms with E-state index >= 15 is 0 Å². The summed E-state index contributed by atoms with van der Waals surface area (Å²) in [4.78, 5) is 9.74. The van der Waals surface area contributed by atoms with E-state index in [9.17, 15) is 0 Å². The van der Waals surface area contributed by atoms with Crippen LogP contribution in [-0.4, -0.2) is 27.5 Å². The van der Waals surface area contributed by atoms with Crippen LogP contribution in [0.25, 0.3) is 10.2 Å². The van der Waals surface area contributed by atoms with E-state index in [0.29, 0.717) is 5.49 Å². The average molecular weight is 351 g/mol. The number of anilines is 1. The molecule has 6 heteroatoms. The minimum absolute atomic E-state index is 0.640. The number of hydrogen-bond donors (Lipinski definition) is 2. The fourth-order valence-electron chi connectivity index (χ4n) is 3.93. The van der Waals surface area contributed by atoms with Crippen LogP contribution in [-0.2, 0) is 26.1 Å². The molecule has 0 amide bonds. The molecule has 2 aliphatic heterocycles. The van der Waals surface area contributed by atoms with E-state index in [1.54, 1.807) is 11.3 Å². The van der Waals surface area contributed by atoms with Gasteiger partial charge >= 0.3 is 0 Å².